The molecule has 1 saturated carbocycles. The van der Waals surface area contributed by atoms with Crippen molar-refractivity contribution < 1.29 is 13.7 Å². The van der Waals surface area contributed by atoms with E-state index in [0.717, 1.165) is 19.3 Å². The molecule has 0 spiro atoms. The summed E-state index contributed by atoms with van der Waals surface area (Å²) in [5.41, 5.74) is 6.28. The number of anilines is 1. The first kappa shape index (κ1) is 19.7. The van der Waals surface area contributed by atoms with Gasteiger partial charge < -0.3 is 15.6 Å². The summed E-state index contributed by atoms with van der Waals surface area (Å²) in [6.45, 7) is 1.90. The minimum Gasteiger partial charge on any atom is -0.338 e. The van der Waals surface area contributed by atoms with Crippen LogP contribution in [0.15, 0.2) is 28.8 Å². The van der Waals surface area contributed by atoms with E-state index < -0.39 is 5.54 Å². The lowest BCUT2D eigenvalue weighted by molar-refractivity contribution is -0.113. The number of benzene rings is 1. The molecule has 0 saturated heterocycles. The molecule has 1 atom stereocenters. The summed E-state index contributed by atoms with van der Waals surface area (Å²) in [6, 6.07) is 5.64. The van der Waals surface area contributed by atoms with Crippen molar-refractivity contribution in [3.8, 4) is 0 Å². The number of nitrogens with zero attached hydrogens (tertiary/aromatic N) is 2. The average Bonchev–Trinajstić information content (AvgIpc) is 3.03. The molecule has 1 aromatic heterocycles. The third-order valence-corrected chi connectivity index (χ3v) is 5.20. The molecule has 1 aliphatic carbocycles. The predicted octanol–water partition coefficient (Wildman–Crippen LogP) is 3.40. The van der Waals surface area contributed by atoms with Crippen molar-refractivity contribution in [2.24, 2.45) is 5.73 Å². The normalized spacial score (nSPS) is 16.4. The molecule has 6 nitrogen and oxygen atoms in total. The lowest BCUT2D eigenvalue weighted by Gasteiger charge is -2.34. The molecular weight excluding hydrogens is 367 g/mol. The average molecular weight is 387 g/mol. The van der Waals surface area contributed by atoms with Gasteiger partial charge in [0.2, 0.25) is 11.8 Å². The second-order valence-corrected chi connectivity index (χ2v) is 7.30. The fraction of sp³-hybridized carbons (Fsp3) is 0.438. The first-order valence-corrected chi connectivity index (χ1v) is 8.81. The molecule has 3 N–H and O–H groups in total. The molecule has 1 aliphatic rings. The molecule has 136 valence electrons. The van der Waals surface area contributed by atoms with E-state index in [1.54, 1.807) is 0 Å². The summed E-state index contributed by atoms with van der Waals surface area (Å²) < 4.78 is 18.1. The monoisotopic (exact) mass is 386 g/mol. The number of carbonyl (C=O) groups is 1. The van der Waals surface area contributed by atoms with Gasteiger partial charge in [-0.1, -0.05) is 5.16 Å². The van der Waals surface area contributed by atoms with Gasteiger partial charge in [-0.25, -0.2) is 4.39 Å². The minimum absolute atomic E-state index is 0. The van der Waals surface area contributed by atoms with Crippen molar-refractivity contribution in [3.63, 3.8) is 0 Å². The molecule has 1 fully saturated rings. The molecule has 1 heterocycles. The van der Waals surface area contributed by atoms with E-state index in [2.05, 4.69) is 15.5 Å². The van der Waals surface area contributed by atoms with E-state index in [-0.39, 0.29) is 35.1 Å². The zero-order chi connectivity index (χ0) is 17.2. The number of halogens is 2. The van der Waals surface area contributed by atoms with Gasteiger partial charge in [0.1, 0.15) is 5.82 Å². The molecule has 9 heteroatoms. The van der Waals surface area contributed by atoms with Crippen molar-refractivity contribution in [1.29, 1.82) is 0 Å². The first-order chi connectivity index (χ1) is 11.5. The van der Waals surface area contributed by atoms with Gasteiger partial charge in [-0.2, -0.15) is 4.98 Å². The van der Waals surface area contributed by atoms with Gasteiger partial charge in [0.15, 0.2) is 5.82 Å². The number of aromatic nitrogens is 2. The number of amides is 1. The lowest BCUT2D eigenvalue weighted by atomic mass is 9.77. The fourth-order valence-corrected chi connectivity index (χ4v) is 3.10. The summed E-state index contributed by atoms with van der Waals surface area (Å²) in [6.07, 6.45) is 2.81. The smallest absolute Gasteiger partial charge is 0.239 e. The van der Waals surface area contributed by atoms with Crippen LogP contribution in [0.5, 0.6) is 0 Å². The molecule has 1 amide bonds. The highest BCUT2D eigenvalue weighted by atomic mass is 35.5. The van der Waals surface area contributed by atoms with Crippen LogP contribution in [-0.2, 0) is 10.3 Å². The number of rotatable bonds is 6. The van der Waals surface area contributed by atoms with E-state index in [0.29, 0.717) is 17.4 Å². The van der Waals surface area contributed by atoms with Crippen LogP contribution in [0.2, 0.25) is 0 Å². The third kappa shape index (κ3) is 4.71. The maximum absolute atomic E-state index is 12.8. The summed E-state index contributed by atoms with van der Waals surface area (Å²) in [7, 11) is 0. The summed E-state index contributed by atoms with van der Waals surface area (Å²) in [5, 5.41) is 6.57. The van der Waals surface area contributed by atoms with Crippen LogP contribution in [-0.4, -0.2) is 21.8 Å². The SMILES string of the molecule is CC(SCC(=O)Nc1ccc(F)cc1)c1nc(C2(N)CCC2)no1.Cl. The van der Waals surface area contributed by atoms with Gasteiger partial charge in [0.25, 0.3) is 0 Å². The summed E-state index contributed by atoms with van der Waals surface area (Å²) in [5.74, 6) is 0.734. The van der Waals surface area contributed by atoms with Crippen LogP contribution >= 0.6 is 24.2 Å². The van der Waals surface area contributed by atoms with Gasteiger partial charge in [0, 0.05) is 5.69 Å². The van der Waals surface area contributed by atoms with Gasteiger partial charge in [-0.3, -0.25) is 4.79 Å². The van der Waals surface area contributed by atoms with E-state index in [1.165, 1.54) is 36.0 Å². The third-order valence-electron chi connectivity index (χ3n) is 4.07. The van der Waals surface area contributed by atoms with E-state index in [1.807, 2.05) is 6.92 Å². The number of carbonyl (C=O) groups excluding carboxylic acids is 1. The Bertz CT molecular complexity index is 721. The number of nitrogens with one attached hydrogen (secondary N) is 1. The Labute approximate surface area is 155 Å². The quantitative estimate of drug-likeness (QED) is 0.790. The van der Waals surface area contributed by atoms with Crippen LogP contribution in [0.25, 0.3) is 0 Å². The maximum atomic E-state index is 12.8. The zero-order valence-electron chi connectivity index (χ0n) is 13.7. The van der Waals surface area contributed by atoms with Gasteiger partial charge in [-0.15, -0.1) is 24.2 Å². The number of hydrogen-bond acceptors (Lipinski definition) is 6. The first-order valence-electron chi connectivity index (χ1n) is 7.76. The molecular formula is C16H20ClFN4O2S. The standard InChI is InChI=1S/C16H19FN4O2S.ClH/c1-10(14-20-15(21-23-14)16(18)7-2-8-16)24-9-13(22)19-12-5-3-11(17)4-6-12;/h3-6,10H,2,7-9,18H2,1H3,(H,19,22);1H. The van der Waals surface area contributed by atoms with Crippen molar-refractivity contribution in [1.82, 2.24) is 10.1 Å². The van der Waals surface area contributed by atoms with Gasteiger partial charge in [-0.05, 0) is 50.5 Å². The molecule has 3 rings (SSSR count). The van der Waals surface area contributed by atoms with Crippen LogP contribution in [0.1, 0.15) is 43.2 Å². The summed E-state index contributed by atoms with van der Waals surface area (Å²) in [4.78, 5) is 16.3. The molecule has 0 aliphatic heterocycles. The van der Waals surface area contributed by atoms with Crippen molar-refractivity contribution >= 4 is 35.8 Å². The molecule has 0 radical (unpaired) electrons. The Morgan fingerprint density at radius 1 is 1.44 bits per heavy atom. The van der Waals surface area contributed by atoms with Crippen molar-refractivity contribution in [2.45, 2.75) is 37.0 Å². The Kier molecular flexibility index (Phi) is 6.42. The highest BCUT2D eigenvalue weighted by molar-refractivity contribution is 8.00. The van der Waals surface area contributed by atoms with Crippen LogP contribution in [0, 0.1) is 5.82 Å². The van der Waals surface area contributed by atoms with E-state index >= 15 is 0 Å². The van der Waals surface area contributed by atoms with E-state index in [9.17, 15) is 9.18 Å². The Morgan fingerprint density at radius 2 is 2.12 bits per heavy atom. The van der Waals surface area contributed by atoms with Crippen LogP contribution in [0.3, 0.4) is 0 Å². The highest BCUT2D eigenvalue weighted by Crippen LogP contribution is 2.38. The van der Waals surface area contributed by atoms with Crippen molar-refractivity contribution in [3.05, 3.63) is 41.8 Å². The Hall–Kier alpha value is -1.64. The topological polar surface area (TPSA) is 94.0 Å². The number of thioether (sulfide) groups is 1. The Balaban J connectivity index is 0.00000225. The predicted molar refractivity (Wildman–Crippen MR) is 97.2 cm³/mol. The fourth-order valence-electron chi connectivity index (χ4n) is 2.39. The Morgan fingerprint density at radius 3 is 2.72 bits per heavy atom. The molecule has 1 unspecified atom stereocenters. The highest BCUT2D eigenvalue weighted by Gasteiger charge is 2.39. The van der Waals surface area contributed by atoms with Crippen LogP contribution < -0.4 is 11.1 Å². The number of nitrogens with two attached hydrogens (primary N) is 1. The second-order valence-electron chi connectivity index (χ2n) is 5.97. The second kappa shape index (κ2) is 8.16. The van der Waals surface area contributed by atoms with Crippen molar-refractivity contribution in [2.75, 3.05) is 11.1 Å². The zero-order valence-corrected chi connectivity index (χ0v) is 15.3. The lowest BCUT2D eigenvalue weighted by Crippen LogP contribution is -2.44. The molecule has 0 bridgehead atoms. The molecule has 2 aromatic rings. The molecule has 1 aromatic carbocycles. The van der Waals surface area contributed by atoms with Gasteiger partial charge in [0.05, 0.1) is 16.5 Å². The molecule has 25 heavy (non-hydrogen) atoms. The van der Waals surface area contributed by atoms with Gasteiger partial charge >= 0.3 is 0 Å². The largest absolute Gasteiger partial charge is 0.338 e. The van der Waals surface area contributed by atoms with E-state index in [4.69, 9.17) is 10.3 Å². The summed E-state index contributed by atoms with van der Waals surface area (Å²) >= 11 is 1.39. The number of hydrogen-bond donors (Lipinski definition) is 2. The maximum Gasteiger partial charge on any atom is 0.239 e. The minimum atomic E-state index is -0.452. The van der Waals surface area contributed by atoms with Crippen LogP contribution in [0.4, 0.5) is 10.1 Å².